The number of para-hydroxylation sites is 2. The van der Waals surface area contributed by atoms with Crippen molar-refractivity contribution in [1.29, 1.82) is 0 Å². The highest BCUT2D eigenvalue weighted by atomic mass is 16.7. The summed E-state index contributed by atoms with van der Waals surface area (Å²) in [5.41, 5.74) is 5.55. The number of likely N-dealkylation sites (tertiary alicyclic amines) is 1. The molecule has 1 amide bonds. The van der Waals surface area contributed by atoms with Crippen molar-refractivity contribution in [2.75, 3.05) is 26.8 Å². The number of aliphatic hydroxyl groups excluding tert-OH is 1. The number of carbonyl (C=O) groups excluding carboxylic acids is 1. The number of rotatable bonds is 10. The molecule has 4 atom stereocenters. The zero-order valence-electron chi connectivity index (χ0n) is 24.4. The minimum atomic E-state index is -0.527. The first kappa shape index (κ1) is 29.3. The number of nitrogens with zero attached hydrogens (tertiary/aromatic N) is 3. The van der Waals surface area contributed by atoms with E-state index >= 15 is 0 Å². The summed E-state index contributed by atoms with van der Waals surface area (Å²) in [6.07, 6.45) is 3.87. The molecule has 6 rings (SSSR count). The molecule has 2 N–H and O–H groups in total. The molecular formula is C34H38N4O5. The Bertz CT molecular complexity index is 1510. The Labute approximate surface area is 251 Å². The van der Waals surface area contributed by atoms with Gasteiger partial charge in [-0.2, -0.15) is 0 Å². The maximum Gasteiger partial charge on any atom is 0.271 e. The van der Waals surface area contributed by atoms with Crippen molar-refractivity contribution in [3.8, 4) is 0 Å². The first-order valence-electron chi connectivity index (χ1n) is 14.9. The van der Waals surface area contributed by atoms with Crippen LogP contribution >= 0.6 is 0 Å². The van der Waals surface area contributed by atoms with Gasteiger partial charge in [-0.05, 0) is 48.2 Å². The van der Waals surface area contributed by atoms with Gasteiger partial charge in [0.05, 0.1) is 42.7 Å². The highest BCUT2D eigenvalue weighted by molar-refractivity contribution is 5.93. The molecule has 224 valence electrons. The van der Waals surface area contributed by atoms with E-state index in [1.807, 2.05) is 72.8 Å². The van der Waals surface area contributed by atoms with Crippen LogP contribution in [0.4, 0.5) is 0 Å². The van der Waals surface area contributed by atoms with E-state index in [2.05, 4.69) is 20.2 Å². The zero-order chi connectivity index (χ0) is 29.6. The van der Waals surface area contributed by atoms with Gasteiger partial charge in [0.15, 0.2) is 6.29 Å². The van der Waals surface area contributed by atoms with Crippen LogP contribution in [0.5, 0.6) is 0 Å². The minimum Gasteiger partial charge on any atom is -0.392 e. The standard InChI is InChI=1S/C34H38N4O5/c1-41-22-27-5-4-16-38(27)20-28-17-32(25-12-10-24(21-39)11-13-25)43-34(42-28)26-14-8-23(9-15-26)18-36-33(40)31-19-35-29-6-2-3-7-30(29)37-31/h2-3,6-15,19,27-28,32,34,39H,4-5,16-18,20-22H2,1H3,(H,36,40)/t27-,28+,32-,34-/m0/s1. The Morgan fingerprint density at radius 2 is 1.74 bits per heavy atom. The monoisotopic (exact) mass is 582 g/mol. The van der Waals surface area contributed by atoms with Gasteiger partial charge in [-0.15, -0.1) is 0 Å². The highest BCUT2D eigenvalue weighted by Gasteiger charge is 2.35. The molecule has 9 heteroatoms. The van der Waals surface area contributed by atoms with Crippen LogP contribution in [0.2, 0.25) is 0 Å². The fraction of sp³-hybridized carbons (Fsp3) is 0.382. The second-order valence-corrected chi connectivity index (χ2v) is 11.3. The van der Waals surface area contributed by atoms with E-state index in [1.54, 1.807) is 7.11 Å². The van der Waals surface area contributed by atoms with Crippen molar-refractivity contribution >= 4 is 16.9 Å². The van der Waals surface area contributed by atoms with Crippen LogP contribution in [0.3, 0.4) is 0 Å². The van der Waals surface area contributed by atoms with Gasteiger partial charge in [0.25, 0.3) is 5.91 Å². The molecule has 0 saturated carbocycles. The van der Waals surface area contributed by atoms with Gasteiger partial charge in [0.1, 0.15) is 5.69 Å². The van der Waals surface area contributed by atoms with Gasteiger partial charge in [0, 0.05) is 38.2 Å². The predicted octanol–water partition coefficient (Wildman–Crippen LogP) is 4.71. The number of nitrogens with one attached hydrogen (secondary N) is 1. The number of aliphatic hydroxyl groups is 1. The van der Waals surface area contributed by atoms with Crippen molar-refractivity contribution in [1.82, 2.24) is 20.2 Å². The highest BCUT2D eigenvalue weighted by Crippen LogP contribution is 2.38. The number of amides is 1. The molecule has 0 unspecified atom stereocenters. The summed E-state index contributed by atoms with van der Waals surface area (Å²) < 4.78 is 18.6. The summed E-state index contributed by atoms with van der Waals surface area (Å²) in [5, 5.41) is 12.4. The summed E-state index contributed by atoms with van der Waals surface area (Å²) >= 11 is 0. The largest absolute Gasteiger partial charge is 0.392 e. The number of benzene rings is 3. The number of methoxy groups -OCH3 is 1. The number of fused-ring (bicyclic) bond motifs is 1. The molecule has 9 nitrogen and oxygen atoms in total. The lowest BCUT2D eigenvalue weighted by Gasteiger charge is -2.38. The second-order valence-electron chi connectivity index (χ2n) is 11.3. The fourth-order valence-corrected chi connectivity index (χ4v) is 5.94. The quantitative estimate of drug-likeness (QED) is 0.277. The molecule has 0 radical (unpaired) electrons. The van der Waals surface area contributed by atoms with Crippen LogP contribution in [0.15, 0.2) is 79.0 Å². The topological polar surface area (TPSA) is 106 Å². The summed E-state index contributed by atoms with van der Waals surface area (Å²) in [5.74, 6) is -0.270. The lowest BCUT2D eigenvalue weighted by molar-refractivity contribution is -0.253. The molecule has 43 heavy (non-hydrogen) atoms. The number of ether oxygens (including phenoxy) is 3. The Hall–Kier alpha value is -3.73. The Balaban J connectivity index is 1.13. The smallest absolute Gasteiger partial charge is 0.271 e. The number of aromatic nitrogens is 2. The number of hydrogen-bond acceptors (Lipinski definition) is 8. The first-order chi connectivity index (χ1) is 21.1. The minimum absolute atomic E-state index is 0.0124. The fourth-order valence-electron chi connectivity index (χ4n) is 5.94. The van der Waals surface area contributed by atoms with Gasteiger partial charge < -0.3 is 24.6 Å². The third-order valence-electron chi connectivity index (χ3n) is 8.30. The van der Waals surface area contributed by atoms with E-state index in [9.17, 15) is 9.90 Å². The van der Waals surface area contributed by atoms with Crippen LogP contribution in [0, 0.1) is 0 Å². The van der Waals surface area contributed by atoms with Crippen molar-refractivity contribution in [3.63, 3.8) is 0 Å². The molecule has 0 spiro atoms. The van der Waals surface area contributed by atoms with E-state index < -0.39 is 6.29 Å². The molecule has 3 aromatic carbocycles. The van der Waals surface area contributed by atoms with Gasteiger partial charge in [-0.3, -0.25) is 14.7 Å². The van der Waals surface area contributed by atoms with E-state index in [4.69, 9.17) is 14.2 Å². The van der Waals surface area contributed by atoms with Gasteiger partial charge in [-0.1, -0.05) is 60.7 Å². The van der Waals surface area contributed by atoms with Crippen LogP contribution in [0.25, 0.3) is 11.0 Å². The van der Waals surface area contributed by atoms with Crippen LogP contribution in [0.1, 0.15) is 64.4 Å². The van der Waals surface area contributed by atoms with Crippen LogP contribution in [-0.4, -0.2) is 64.8 Å². The van der Waals surface area contributed by atoms with Gasteiger partial charge >= 0.3 is 0 Å². The molecule has 2 aliphatic heterocycles. The Morgan fingerprint density at radius 3 is 2.51 bits per heavy atom. The maximum absolute atomic E-state index is 12.8. The molecule has 0 bridgehead atoms. The van der Waals surface area contributed by atoms with Gasteiger partial charge in [0.2, 0.25) is 0 Å². The second kappa shape index (κ2) is 13.7. The molecular weight excluding hydrogens is 544 g/mol. The number of hydrogen-bond donors (Lipinski definition) is 2. The molecule has 4 aromatic rings. The van der Waals surface area contributed by atoms with Crippen LogP contribution in [-0.2, 0) is 27.4 Å². The summed E-state index contributed by atoms with van der Waals surface area (Å²) in [6.45, 7) is 2.96. The third-order valence-corrected chi connectivity index (χ3v) is 8.30. The van der Waals surface area contributed by atoms with E-state index in [0.717, 1.165) is 66.7 Å². The molecule has 2 fully saturated rings. The maximum atomic E-state index is 12.8. The normalized spacial score (nSPS) is 22.6. The van der Waals surface area contributed by atoms with E-state index in [0.29, 0.717) is 18.1 Å². The molecule has 3 heterocycles. The predicted molar refractivity (Wildman–Crippen MR) is 162 cm³/mol. The van der Waals surface area contributed by atoms with Gasteiger partial charge in [-0.25, -0.2) is 4.98 Å². The van der Waals surface area contributed by atoms with Crippen molar-refractivity contribution in [2.24, 2.45) is 0 Å². The zero-order valence-corrected chi connectivity index (χ0v) is 24.4. The molecule has 2 aliphatic rings. The number of carbonyl (C=O) groups is 1. The van der Waals surface area contributed by atoms with E-state index in [1.165, 1.54) is 6.20 Å². The third kappa shape index (κ3) is 7.09. The summed E-state index contributed by atoms with van der Waals surface area (Å²) in [4.78, 5) is 24.0. The Morgan fingerprint density at radius 1 is 1.00 bits per heavy atom. The molecule has 0 aliphatic carbocycles. The average molecular weight is 583 g/mol. The first-order valence-corrected chi connectivity index (χ1v) is 14.9. The lowest BCUT2D eigenvalue weighted by Crippen LogP contribution is -2.42. The van der Waals surface area contributed by atoms with E-state index in [-0.39, 0.29) is 30.4 Å². The summed E-state index contributed by atoms with van der Waals surface area (Å²) in [6, 6.07) is 23.8. The molecule has 1 aromatic heterocycles. The van der Waals surface area contributed by atoms with Crippen LogP contribution < -0.4 is 5.32 Å². The Kier molecular flexibility index (Phi) is 9.36. The molecule has 2 saturated heterocycles. The summed E-state index contributed by atoms with van der Waals surface area (Å²) in [7, 11) is 1.76. The van der Waals surface area contributed by atoms with Crippen molar-refractivity contribution in [2.45, 2.75) is 57.0 Å². The van der Waals surface area contributed by atoms with Crippen molar-refractivity contribution < 1.29 is 24.1 Å². The average Bonchev–Trinajstić information content (AvgIpc) is 3.49. The van der Waals surface area contributed by atoms with Crippen molar-refractivity contribution in [3.05, 3.63) is 107 Å². The SMILES string of the molecule is COC[C@@H]1CCCN1C[C@H]1C[C@@H](c2ccc(CO)cc2)O[C@@H](c2ccc(CNC(=O)c3cnc4ccccc4n3)cc2)O1. The lowest BCUT2D eigenvalue weighted by atomic mass is 9.99.